The van der Waals surface area contributed by atoms with Crippen molar-refractivity contribution in [1.29, 1.82) is 0 Å². The predicted octanol–water partition coefficient (Wildman–Crippen LogP) is 4.76. The third-order valence-electron chi connectivity index (χ3n) is 3.30. The van der Waals surface area contributed by atoms with Crippen LogP contribution in [0.25, 0.3) is 23.5 Å². The van der Waals surface area contributed by atoms with E-state index in [9.17, 15) is 4.39 Å². The van der Waals surface area contributed by atoms with Crippen molar-refractivity contribution in [2.45, 2.75) is 6.92 Å². The van der Waals surface area contributed by atoms with Gasteiger partial charge in [0.25, 0.3) is 0 Å². The van der Waals surface area contributed by atoms with Crippen molar-refractivity contribution >= 4 is 12.2 Å². The van der Waals surface area contributed by atoms with Gasteiger partial charge < -0.3 is 0 Å². The highest BCUT2D eigenvalue weighted by atomic mass is 19.1. The van der Waals surface area contributed by atoms with Gasteiger partial charge in [-0.15, -0.1) is 0 Å². The normalized spacial score (nSPS) is 11.0. The Kier molecular flexibility index (Phi) is 4.05. The Bertz CT molecular complexity index is 773. The molecule has 0 bridgehead atoms. The number of halogens is 1. The molecule has 2 heterocycles. The third-order valence-corrected chi connectivity index (χ3v) is 3.30. The molecule has 0 saturated carbocycles. The Labute approximate surface area is 129 Å². The van der Waals surface area contributed by atoms with Crippen LogP contribution in [-0.2, 0) is 0 Å². The van der Waals surface area contributed by atoms with Gasteiger partial charge in [0.2, 0.25) is 0 Å². The molecular weight excluding hydrogens is 275 g/mol. The molecule has 0 atom stereocenters. The van der Waals surface area contributed by atoms with Gasteiger partial charge in [0.05, 0.1) is 11.4 Å². The van der Waals surface area contributed by atoms with Crippen molar-refractivity contribution in [3.63, 3.8) is 0 Å². The molecule has 3 aromatic rings. The lowest BCUT2D eigenvalue weighted by Crippen LogP contribution is -1.88. The van der Waals surface area contributed by atoms with Gasteiger partial charge in [0.1, 0.15) is 5.82 Å². The molecule has 0 N–H and O–H groups in total. The first-order chi connectivity index (χ1) is 10.7. The van der Waals surface area contributed by atoms with Crippen LogP contribution in [0, 0.1) is 12.7 Å². The van der Waals surface area contributed by atoms with Crippen LogP contribution in [0.2, 0.25) is 0 Å². The first-order valence-electron chi connectivity index (χ1n) is 7.03. The van der Waals surface area contributed by atoms with E-state index in [-0.39, 0.29) is 5.82 Å². The van der Waals surface area contributed by atoms with Crippen LogP contribution >= 0.6 is 0 Å². The lowest BCUT2D eigenvalue weighted by Gasteiger charge is -2.01. The smallest absolute Gasteiger partial charge is 0.123 e. The van der Waals surface area contributed by atoms with Gasteiger partial charge >= 0.3 is 0 Å². The molecule has 0 radical (unpaired) electrons. The highest BCUT2D eigenvalue weighted by Crippen LogP contribution is 2.16. The minimum atomic E-state index is -0.228. The Morgan fingerprint density at radius 3 is 1.91 bits per heavy atom. The molecule has 0 aliphatic heterocycles. The molecule has 0 spiro atoms. The topological polar surface area (TPSA) is 25.8 Å². The van der Waals surface area contributed by atoms with Crippen molar-refractivity contribution in [2.24, 2.45) is 0 Å². The Morgan fingerprint density at radius 2 is 1.32 bits per heavy atom. The molecule has 0 unspecified atom stereocenters. The Hall–Kier alpha value is -2.81. The molecule has 22 heavy (non-hydrogen) atoms. The summed E-state index contributed by atoms with van der Waals surface area (Å²) in [6, 6.07) is 14.3. The van der Waals surface area contributed by atoms with Crippen molar-refractivity contribution in [3.05, 3.63) is 83.4 Å². The summed E-state index contributed by atoms with van der Waals surface area (Å²) < 4.78 is 12.8. The number of rotatable bonds is 3. The van der Waals surface area contributed by atoms with Crippen molar-refractivity contribution in [3.8, 4) is 11.4 Å². The highest BCUT2D eigenvalue weighted by molar-refractivity contribution is 5.70. The zero-order valence-corrected chi connectivity index (χ0v) is 12.2. The maximum Gasteiger partial charge on any atom is 0.123 e. The summed E-state index contributed by atoms with van der Waals surface area (Å²) in [5.74, 6) is -0.228. The zero-order chi connectivity index (χ0) is 15.4. The lowest BCUT2D eigenvalue weighted by atomic mass is 10.1. The van der Waals surface area contributed by atoms with Gasteiger partial charge in [-0.1, -0.05) is 36.4 Å². The SMILES string of the molecule is Cc1ccc(-c2ccc(/C=C/c3ccc(F)cc3)cn2)nc1. The van der Waals surface area contributed by atoms with E-state index in [1.165, 1.54) is 12.1 Å². The van der Waals surface area contributed by atoms with Crippen LogP contribution in [0.1, 0.15) is 16.7 Å². The van der Waals surface area contributed by atoms with Crippen LogP contribution in [0.15, 0.2) is 60.9 Å². The fourth-order valence-electron chi connectivity index (χ4n) is 2.04. The van der Waals surface area contributed by atoms with E-state index in [0.29, 0.717) is 0 Å². The first-order valence-corrected chi connectivity index (χ1v) is 7.03. The molecule has 0 saturated heterocycles. The second-order valence-electron chi connectivity index (χ2n) is 5.08. The number of aryl methyl sites for hydroxylation is 1. The lowest BCUT2D eigenvalue weighted by molar-refractivity contribution is 0.628. The largest absolute Gasteiger partial charge is 0.254 e. The molecule has 0 aliphatic rings. The van der Waals surface area contributed by atoms with Crippen LogP contribution in [0.4, 0.5) is 4.39 Å². The Morgan fingerprint density at radius 1 is 0.727 bits per heavy atom. The molecule has 0 amide bonds. The van der Waals surface area contributed by atoms with Gasteiger partial charge in [0, 0.05) is 12.4 Å². The van der Waals surface area contributed by atoms with E-state index in [0.717, 1.165) is 28.1 Å². The summed E-state index contributed by atoms with van der Waals surface area (Å²) in [5.41, 5.74) is 4.77. The number of hydrogen-bond acceptors (Lipinski definition) is 2. The van der Waals surface area contributed by atoms with Crippen molar-refractivity contribution in [1.82, 2.24) is 9.97 Å². The van der Waals surface area contributed by atoms with Crippen LogP contribution in [0.5, 0.6) is 0 Å². The first kappa shape index (κ1) is 14.1. The summed E-state index contributed by atoms with van der Waals surface area (Å²) in [7, 11) is 0. The fourth-order valence-corrected chi connectivity index (χ4v) is 2.04. The van der Waals surface area contributed by atoms with Gasteiger partial charge in [0.15, 0.2) is 0 Å². The fraction of sp³-hybridized carbons (Fsp3) is 0.0526. The second kappa shape index (κ2) is 6.31. The monoisotopic (exact) mass is 290 g/mol. The van der Waals surface area contributed by atoms with Crippen molar-refractivity contribution < 1.29 is 4.39 Å². The average Bonchev–Trinajstić information content (AvgIpc) is 2.56. The quantitative estimate of drug-likeness (QED) is 0.695. The summed E-state index contributed by atoms with van der Waals surface area (Å²) in [5, 5.41) is 0. The molecule has 3 heteroatoms. The van der Waals surface area contributed by atoms with Crippen LogP contribution in [0.3, 0.4) is 0 Å². The number of benzene rings is 1. The summed E-state index contributed by atoms with van der Waals surface area (Å²) in [4.78, 5) is 8.80. The molecule has 2 aromatic heterocycles. The van der Waals surface area contributed by atoms with Gasteiger partial charge in [-0.3, -0.25) is 9.97 Å². The molecular formula is C19H15FN2. The standard InChI is InChI=1S/C19H15FN2/c1-14-2-10-18(21-12-14)19-11-7-16(13-22-19)4-3-15-5-8-17(20)9-6-15/h2-13H,1H3/b4-3+. The maximum absolute atomic E-state index is 12.8. The van der Waals surface area contributed by atoms with Gasteiger partial charge in [-0.25, -0.2) is 4.39 Å². The van der Waals surface area contributed by atoms with E-state index in [1.54, 1.807) is 18.3 Å². The third kappa shape index (κ3) is 3.44. The van der Waals surface area contributed by atoms with E-state index in [2.05, 4.69) is 9.97 Å². The minimum Gasteiger partial charge on any atom is -0.254 e. The van der Waals surface area contributed by atoms with Gasteiger partial charge in [-0.2, -0.15) is 0 Å². The van der Waals surface area contributed by atoms with Gasteiger partial charge in [-0.05, 0) is 47.9 Å². The van der Waals surface area contributed by atoms with E-state index < -0.39 is 0 Å². The molecule has 108 valence electrons. The zero-order valence-electron chi connectivity index (χ0n) is 12.2. The van der Waals surface area contributed by atoms with Crippen molar-refractivity contribution in [2.75, 3.05) is 0 Å². The van der Waals surface area contributed by atoms with E-state index in [1.807, 2.05) is 49.5 Å². The average molecular weight is 290 g/mol. The number of hydrogen-bond donors (Lipinski definition) is 0. The maximum atomic E-state index is 12.8. The molecule has 1 aromatic carbocycles. The highest BCUT2D eigenvalue weighted by Gasteiger charge is 2.00. The van der Waals surface area contributed by atoms with E-state index >= 15 is 0 Å². The summed E-state index contributed by atoms with van der Waals surface area (Å²) >= 11 is 0. The molecule has 3 rings (SSSR count). The molecule has 2 nitrogen and oxygen atoms in total. The summed E-state index contributed by atoms with van der Waals surface area (Å²) in [6.45, 7) is 2.01. The van der Waals surface area contributed by atoms with Crippen LogP contribution in [-0.4, -0.2) is 9.97 Å². The summed E-state index contributed by atoms with van der Waals surface area (Å²) in [6.07, 6.45) is 7.52. The number of pyridine rings is 2. The molecule has 0 fully saturated rings. The number of aromatic nitrogens is 2. The number of nitrogens with zero attached hydrogens (tertiary/aromatic N) is 2. The van der Waals surface area contributed by atoms with E-state index in [4.69, 9.17) is 0 Å². The Balaban J connectivity index is 1.76. The molecule has 0 aliphatic carbocycles. The minimum absolute atomic E-state index is 0.228. The second-order valence-corrected chi connectivity index (χ2v) is 5.08. The van der Waals surface area contributed by atoms with Crippen LogP contribution < -0.4 is 0 Å². The predicted molar refractivity (Wildman–Crippen MR) is 87.5 cm³/mol.